The Morgan fingerprint density at radius 2 is 1.92 bits per heavy atom. The Bertz CT molecular complexity index is 679. The van der Waals surface area contributed by atoms with Gasteiger partial charge in [0.2, 0.25) is 10.0 Å². The molecule has 24 heavy (non-hydrogen) atoms. The first-order valence-corrected chi connectivity index (χ1v) is 8.96. The number of hydrogen-bond acceptors (Lipinski definition) is 3. The smallest absolute Gasteiger partial charge is 0.257 e. The van der Waals surface area contributed by atoms with Crippen LogP contribution in [0.25, 0.3) is 0 Å². The van der Waals surface area contributed by atoms with E-state index in [4.69, 9.17) is 0 Å². The summed E-state index contributed by atoms with van der Waals surface area (Å²) in [6.45, 7) is 4.09. The van der Waals surface area contributed by atoms with E-state index < -0.39 is 46.3 Å². The van der Waals surface area contributed by atoms with Gasteiger partial charge in [0.05, 0.1) is 17.0 Å². The first-order valence-electron chi connectivity index (χ1n) is 7.47. The number of benzene rings is 1. The van der Waals surface area contributed by atoms with Gasteiger partial charge in [0, 0.05) is 12.6 Å². The molecule has 0 spiro atoms. The van der Waals surface area contributed by atoms with Gasteiger partial charge in [0.25, 0.3) is 12.3 Å². The lowest BCUT2D eigenvalue weighted by Crippen LogP contribution is -2.36. The molecule has 0 aliphatic heterocycles. The van der Waals surface area contributed by atoms with E-state index in [2.05, 4.69) is 4.72 Å². The van der Waals surface area contributed by atoms with E-state index in [9.17, 15) is 26.4 Å². The zero-order valence-electron chi connectivity index (χ0n) is 13.7. The van der Waals surface area contributed by atoms with E-state index in [0.717, 1.165) is 23.1 Å². The largest absolute Gasteiger partial charge is 0.333 e. The van der Waals surface area contributed by atoms with Crippen molar-refractivity contribution in [3.63, 3.8) is 0 Å². The summed E-state index contributed by atoms with van der Waals surface area (Å²) in [5.41, 5.74) is -0.546. The highest BCUT2D eigenvalue weighted by Gasteiger charge is 2.24. The van der Waals surface area contributed by atoms with Crippen LogP contribution in [0.1, 0.15) is 37.6 Å². The molecule has 1 rings (SSSR count). The second-order valence-corrected chi connectivity index (χ2v) is 7.27. The van der Waals surface area contributed by atoms with E-state index in [1.165, 1.54) is 0 Å². The van der Waals surface area contributed by atoms with Crippen LogP contribution >= 0.6 is 0 Å². The number of hydrogen-bond donors (Lipinski definition) is 1. The summed E-state index contributed by atoms with van der Waals surface area (Å²) in [4.78, 5) is 12.8. The van der Waals surface area contributed by atoms with Gasteiger partial charge in [0.1, 0.15) is 5.82 Å². The molecule has 0 unspecified atom stereocenters. The Morgan fingerprint density at radius 3 is 2.42 bits per heavy atom. The zero-order chi connectivity index (χ0) is 18.5. The minimum atomic E-state index is -3.93. The van der Waals surface area contributed by atoms with Crippen molar-refractivity contribution in [3.8, 4) is 0 Å². The molecule has 0 aliphatic rings. The van der Waals surface area contributed by atoms with E-state index in [1.54, 1.807) is 20.8 Å². The monoisotopic (exact) mass is 366 g/mol. The number of sulfonamides is 1. The van der Waals surface area contributed by atoms with Crippen molar-refractivity contribution in [2.24, 2.45) is 0 Å². The van der Waals surface area contributed by atoms with E-state index in [1.807, 2.05) is 0 Å². The predicted molar refractivity (Wildman–Crippen MR) is 84.1 cm³/mol. The van der Waals surface area contributed by atoms with Crippen LogP contribution in [0, 0.1) is 5.82 Å². The van der Waals surface area contributed by atoms with Gasteiger partial charge in [-0.25, -0.2) is 26.3 Å². The lowest BCUT2D eigenvalue weighted by Gasteiger charge is -2.22. The summed E-state index contributed by atoms with van der Waals surface area (Å²) in [7, 11) is -3.93. The Balaban J connectivity index is 3.23. The highest BCUT2D eigenvalue weighted by atomic mass is 32.2. The fourth-order valence-corrected chi connectivity index (χ4v) is 3.37. The van der Waals surface area contributed by atoms with Gasteiger partial charge in [-0.1, -0.05) is 6.92 Å². The molecule has 136 valence electrons. The predicted octanol–water partition coefficient (Wildman–Crippen LogP) is 2.63. The molecule has 1 amide bonds. The summed E-state index contributed by atoms with van der Waals surface area (Å²) in [5.74, 6) is -1.92. The SMILES string of the molecule is CCCN(CC(F)F)C(=O)c1cc(S(=O)(=O)NC(C)C)ccc1F. The van der Waals surface area contributed by atoms with Crippen molar-refractivity contribution in [1.29, 1.82) is 0 Å². The van der Waals surface area contributed by atoms with Gasteiger partial charge in [-0.2, -0.15) is 0 Å². The maximum atomic E-state index is 14.0. The van der Waals surface area contributed by atoms with E-state index in [0.29, 0.717) is 6.42 Å². The van der Waals surface area contributed by atoms with Crippen LogP contribution in [-0.2, 0) is 10.0 Å². The molecule has 1 N–H and O–H groups in total. The Morgan fingerprint density at radius 1 is 1.29 bits per heavy atom. The molecular formula is C15H21F3N2O3S. The number of amides is 1. The molecule has 0 atom stereocenters. The standard InChI is InChI=1S/C15H21F3N2O3S/c1-4-7-20(9-14(17)18)15(21)12-8-11(5-6-13(12)16)24(22,23)19-10(2)3/h5-6,8,10,14,19H,4,7,9H2,1-3H3. The highest BCUT2D eigenvalue weighted by Crippen LogP contribution is 2.18. The average molecular weight is 366 g/mol. The first kappa shape index (κ1) is 20.4. The fraction of sp³-hybridized carbons (Fsp3) is 0.533. The quantitative estimate of drug-likeness (QED) is 0.769. The number of halogens is 3. The Labute approximate surface area is 139 Å². The van der Waals surface area contributed by atoms with Gasteiger partial charge in [-0.15, -0.1) is 0 Å². The van der Waals surface area contributed by atoms with Crippen molar-refractivity contribution in [2.75, 3.05) is 13.1 Å². The number of alkyl halides is 2. The van der Waals surface area contributed by atoms with Crippen molar-refractivity contribution in [3.05, 3.63) is 29.6 Å². The fourth-order valence-electron chi connectivity index (χ4n) is 2.10. The minimum absolute atomic E-state index is 0.0177. The molecule has 1 aromatic rings. The van der Waals surface area contributed by atoms with Crippen molar-refractivity contribution < 1.29 is 26.4 Å². The van der Waals surface area contributed by atoms with Gasteiger partial charge < -0.3 is 4.90 Å². The minimum Gasteiger partial charge on any atom is -0.333 e. The zero-order valence-corrected chi connectivity index (χ0v) is 14.5. The van der Waals surface area contributed by atoms with E-state index in [-0.39, 0.29) is 11.4 Å². The normalized spacial score (nSPS) is 12.0. The van der Waals surface area contributed by atoms with Crippen LogP contribution in [0.5, 0.6) is 0 Å². The average Bonchev–Trinajstić information content (AvgIpc) is 2.44. The van der Waals surface area contributed by atoms with Crippen LogP contribution in [0.3, 0.4) is 0 Å². The number of carbonyl (C=O) groups is 1. The molecule has 5 nitrogen and oxygen atoms in total. The van der Waals surface area contributed by atoms with Crippen LogP contribution < -0.4 is 4.72 Å². The molecule has 0 aliphatic carbocycles. The van der Waals surface area contributed by atoms with Gasteiger partial charge in [-0.05, 0) is 38.5 Å². The highest BCUT2D eigenvalue weighted by molar-refractivity contribution is 7.89. The summed E-state index contributed by atoms with van der Waals surface area (Å²) in [6, 6.07) is 2.34. The lowest BCUT2D eigenvalue weighted by atomic mass is 10.1. The van der Waals surface area contributed by atoms with Gasteiger partial charge >= 0.3 is 0 Å². The van der Waals surface area contributed by atoms with Crippen LogP contribution in [0.2, 0.25) is 0 Å². The third kappa shape index (κ3) is 5.48. The maximum Gasteiger partial charge on any atom is 0.257 e. The molecule has 0 saturated carbocycles. The Kier molecular flexibility index (Phi) is 7.22. The van der Waals surface area contributed by atoms with Crippen molar-refractivity contribution in [2.45, 2.75) is 44.6 Å². The molecular weight excluding hydrogens is 345 g/mol. The first-order chi connectivity index (χ1) is 11.1. The van der Waals surface area contributed by atoms with Crippen molar-refractivity contribution >= 4 is 15.9 Å². The van der Waals surface area contributed by atoms with E-state index >= 15 is 0 Å². The number of rotatable bonds is 8. The van der Waals surface area contributed by atoms with Gasteiger partial charge in [0.15, 0.2) is 0 Å². The van der Waals surface area contributed by atoms with Crippen LogP contribution in [0.15, 0.2) is 23.1 Å². The summed E-state index contributed by atoms with van der Waals surface area (Å²) < 4.78 is 65.7. The topological polar surface area (TPSA) is 66.5 Å². The molecule has 0 bridgehead atoms. The second kappa shape index (κ2) is 8.48. The number of nitrogens with one attached hydrogen (secondary N) is 1. The second-order valence-electron chi connectivity index (χ2n) is 5.56. The lowest BCUT2D eigenvalue weighted by molar-refractivity contribution is 0.0551. The number of carbonyl (C=O) groups excluding carboxylic acids is 1. The third-order valence-electron chi connectivity index (χ3n) is 3.01. The summed E-state index contributed by atoms with van der Waals surface area (Å²) in [6.07, 6.45) is -2.36. The molecule has 9 heteroatoms. The van der Waals surface area contributed by atoms with Crippen molar-refractivity contribution in [1.82, 2.24) is 9.62 Å². The van der Waals surface area contributed by atoms with Crippen LogP contribution in [0.4, 0.5) is 13.2 Å². The van der Waals surface area contributed by atoms with Crippen LogP contribution in [-0.4, -0.2) is 44.8 Å². The molecule has 0 heterocycles. The maximum absolute atomic E-state index is 14.0. The molecule has 0 saturated heterocycles. The molecule has 0 aromatic heterocycles. The molecule has 1 aromatic carbocycles. The summed E-state index contributed by atoms with van der Waals surface area (Å²) >= 11 is 0. The number of nitrogens with zero attached hydrogens (tertiary/aromatic N) is 1. The third-order valence-corrected chi connectivity index (χ3v) is 4.66. The molecule has 0 radical (unpaired) electrons. The molecule has 0 fully saturated rings. The Hall–Kier alpha value is -1.61. The summed E-state index contributed by atoms with van der Waals surface area (Å²) in [5, 5.41) is 0. The van der Waals surface area contributed by atoms with Gasteiger partial charge in [-0.3, -0.25) is 4.79 Å².